The molecule has 5 heterocycles. The van der Waals surface area contributed by atoms with E-state index in [4.69, 9.17) is 15.2 Å². The van der Waals surface area contributed by atoms with Crippen LogP contribution in [-0.4, -0.2) is 54.7 Å². The van der Waals surface area contributed by atoms with Crippen molar-refractivity contribution in [2.75, 3.05) is 17.2 Å². The highest BCUT2D eigenvalue weighted by Gasteiger charge is 2.40. The summed E-state index contributed by atoms with van der Waals surface area (Å²) in [5.41, 5.74) is 2.72. The molecule has 3 aromatic rings. The maximum absolute atomic E-state index is 8.92. The molecule has 2 unspecified atom stereocenters. The highest BCUT2D eigenvalue weighted by Crippen LogP contribution is 2.36. The van der Waals surface area contributed by atoms with Crippen LogP contribution in [0.3, 0.4) is 0 Å². The van der Waals surface area contributed by atoms with E-state index in [0.29, 0.717) is 36.3 Å². The van der Waals surface area contributed by atoms with Crippen molar-refractivity contribution < 1.29 is 0 Å². The van der Waals surface area contributed by atoms with Gasteiger partial charge in [-0.15, -0.1) is 0 Å². The van der Waals surface area contributed by atoms with E-state index in [1.165, 1.54) is 12.8 Å². The molecule has 2 aliphatic rings. The second-order valence-electron chi connectivity index (χ2n) is 8.04. The van der Waals surface area contributed by atoms with E-state index in [2.05, 4.69) is 36.8 Å². The summed E-state index contributed by atoms with van der Waals surface area (Å²) in [6.45, 7) is 2.86. The third kappa shape index (κ3) is 3.51. The molecule has 2 aliphatic heterocycles. The number of fused-ring (bicyclic) bond motifs is 3. The van der Waals surface area contributed by atoms with E-state index in [9.17, 15) is 0 Å². The molecule has 5 rings (SSSR count). The van der Waals surface area contributed by atoms with Gasteiger partial charge in [-0.05, 0) is 38.7 Å². The minimum atomic E-state index is 0.350. The molecule has 29 heavy (non-hydrogen) atoms. The quantitative estimate of drug-likeness (QED) is 0.509. The summed E-state index contributed by atoms with van der Waals surface area (Å²) in [5.74, 6) is 2.08. The summed E-state index contributed by atoms with van der Waals surface area (Å²) < 4.78 is 0. The molecular weight excluding hydrogens is 366 g/mol. The number of aromatic nitrogens is 5. The Kier molecular flexibility index (Phi) is 4.56. The smallest absolute Gasteiger partial charge is 0.225 e. The summed E-state index contributed by atoms with van der Waals surface area (Å²) in [7, 11) is 0. The van der Waals surface area contributed by atoms with Crippen LogP contribution < -0.4 is 10.6 Å². The summed E-state index contributed by atoms with van der Waals surface area (Å²) in [4.78, 5) is 15.2. The van der Waals surface area contributed by atoms with Crippen molar-refractivity contribution in [3.05, 3.63) is 24.0 Å². The molecule has 3 aromatic heterocycles. The van der Waals surface area contributed by atoms with Crippen LogP contribution >= 0.6 is 0 Å². The van der Waals surface area contributed by atoms with Crippen LogP contribution in [0.5, 0.6) is 0 Å². The van der Waals surface area contributed by atoms with E-state index in [-0.39, 0.29) is 0 Å². The first-order valence-electron chi connectivity index (χ1n) is 10.2. The normalized spacial score (nSPS) is 23.9. The monoisotopic (exact) mass is 391 g/mol. The Bertz CT molecular complexity index is 1030. The van der Waals surface area contributed by atoms with E-state index < -0.39 is 0 Å². The number of hydrogen-bond acceptors (Lipinski definition) is 7. The number of nitriles is 1. The Morgan fingerprint density at radius 2 is 2.10 bits per heavy atom. The number of hydrogen-bond donors (Lipinski definition) is 4. The zero-order valence-electron chi connectivity index (χ0n) is 16.4. The van der Waals surface area contributed by atoms with Crippen molar-refractivity contribution in [2.45, 2.75) is 57.2 Å². The second kappa shape index (κ2) is 7.37. The number of anilines is 3. The molecule has 9 heteroatoms. The third-order valence-corrected chi connectivity index (χ3v) is 6.06. The summed E-state index contributed by atoms with van der Waals surface area (Å²) in [6.07, 6.45) is 7.06. The van der Waals surface area contributed by atoms with Gasteiger partial charge in [-0.1, -0.05) is 0 Å². The van der Waals surface area contributed by atoms with Gasteiger partial charge < -0.3 is 15.6 Å². The van der Waals surface area contributed by atoms with E-state index in [1.54, 1.807) is 0 Å². The maximum atomic E-state index is 8.92. The van der Waals surface area contributed by atoms with Gasteiger partial charge in [-0.25, -0.2) is 4.98 Å². The van der Waals surface area contributed by atoms with Crippen molar-refractivity contribution in [3.63, 3.8) is 0 Å². The molecule has 150 valence electrons. The Morgan fingerprint density at radius 1 is 1.28 bits per heavy atom. The number of nitrogens with zero attached hydrogens (tertiary/aromatic N) is 5. The van der Waals surface area contributed by atoms with Gasteiger partial charge in [0.2, 0.25) is 5.95 Å². The number of aryl methyl sites for hydroxylation is 1. The molecule has 2 fully saturated rings. The second-order valence-corrected chi connectivity index (χ2v) is 8.04. The minimum Gasteiger partial charge on any atom is -0.357 e. The van der Waals surface area contributed by atoms with Gasteiger partial charge in [0.1, 0.15) is 5.52 Å². The number of nitrogens with one attached hydrogen (secondary N) is 4. The molecule has 4 N–H and O–H groups in total. The van der Waals surface area contributed by atoms with Crippen molar-refractivity contribution in [2.24, 2.45) is 0 Å². The van der Waals surface area contributed by atoms with E-state index in [1.807, 2.05) is 25.3 Å². The molecule has 2 bridgehead atoms. The third-order valence-electron chi connectivity index (χ3n) is 6.06. The van der Waals surface area contributed by atoms with Gasteiger partial charge in [0.15, 0.2) is 11.6 Å². The first-order chi connectivity index (χ1) is 14.2. The Morgan fingerprint density at radius 3 is 2.83 bits per heavy atom. The lowest BCUT2D eigenvalue weighted by molar-refractivity contribution is 0.135. The number of rotatable bonds is 6. The van der Waals surface area contributed by atoms with Crippen LogP contribution in [0.1, 0.15) is 37.8 Å². The molecule has 9 nitrogen and oxygen atoms in total. The molecule has 0 aliphatic carbocycles. The lowest BCUT2D eigenvalue weighted by atomic mass is 9.97. The average Bonchev–Trinajstić information content (AvgIpc) is 3.39. The van der Waals surface area contributed by atoms with Gasteiger partial charge >= 0.3 is 0 Å². The fourth-order valence-electron chi connectivity index (χ4n) is 4.82. The minimum absolute atomic E-state index is 0.350. The molecule has 0 saturated carbocycles. The van der Waals surface area contributed by atoms with Gasteiger partial charge in [0, 0.05) is 49.0 Å². The SMILES string of the molecule is Cc1cc(Nc2nc(NC3CC4CC[C@@H](C3)N4CCC#N)nc3cc[nH]c23)n[nH]1. The van der Waals surface area contributed by atoms with Crippen LogP contribution in [0.2, 0.25) is 0 Å². The summed E-state index contributed by atoms with van der Waals surface area (Å²) in [6, 6.07) is 7.64. The molecule has 0 spiro atoms. The van der Waals surface area contributed by atoms with Crippen LogP contribution in [0, 0.1) is 18.3 Å². The maximum Gasteiger partial charge on any atom is 0.225 e. The van der Waals surface area contributed by atoms with Crippen molar-refractivity contribution in [1.29, 1.82) is 5.26 Å². The summed E-state index contributed by atoms with van der Waals surface area (Å²) in [5, 5.41) is 23.0. The average molecular weight is 391 g/mol. The van der Waals surface area contributed by atoms with Gasteiger partial charge in [0.05, 0.1) is 11.6 Å². The summed E-state index contributed by atoms with van der Waals surface area (Å²) >= 11 is 0. The zero-order valence-corrected chi connectivity index (χ0v) is 16.4. The molecule has 2 saturated heterocycles. The first kappa shape index (κ1) is 17.9. The standard InChI is InChI=1S/C20H25N9/c1-12-9-17(28-27-12)25-19-18-16(5-7-22-18)24-20(26-19)23-13-10-14-3-4-15(11-13)29(14)8-2-6-21/h5,7,9,13-15,22H,2-4,8,10-11H2,1H3,(H3,23,24,25,26,27,28)/t13?,14-,15?/m0/s1. The van der Waals surface area contributed by atoms with Crippen LogP contribution in [0.15, 0.2) is 18.3 Å². The molecular formula is C20H25N9. The Labute approximate surface area is 168 Å². The Balaban J connectivity index is 1.34. The number of piperidine rings is 1. The molecule has 3 atom stereocenters. The fourth-order valence-corrected chi connectivity index (χ4v) is 4.82. The number of aromatic amines is 2. The van der Waals surface area contributed by atoms with E-state index in [0.717, 1.165) is 41.9 Å². The van der Waals surface area contributed by atoms with Crippen molar-refractivity contribution in [1.82, 2.24) is 30.0 Å². The highest BCUT2D eigenvalue weighted by atomic mass is 15.3. The van der Waals surface area contributed by atoms with Gasteiger partial charge in [-0.2, -0.15) is 15.3 Å². The largest absolute Gasteiger partial charge is 0.357 e. The lowest BCUT2D eigenvalue weighted by Gasteiger charge is -2.38. The van der Waals surface area contributed by atoms with Crippen molar-refractivity contribution in [3.8, 4) is 6.07 Å². The molecule has 0 amide bonds. The van der Waals surface area contributed by atoms with Crippen molar-refractivity contribution >= 4 is 28.6 Å². The van der Waals surface area contributed by atoms with Crippen LogP contribution in [0.4, 0.5) is 17.6 Å². The van der Waals surface area contributed by atoms with Crippen LogP contribution in [-0.2, 0) is 0 Å². The molecule has 0 radical (unpaired) electrons. The number of H-pyrrole nitrogens is 2. The predicted octanol–water partition coefficient (Wildman–Crippen LogP) is 3.05. The Hall–Kier alpha value is -3.12. The fraction of sp³-hybridized carbons (Fsp3) is 0.500. The van der Waals surface area contributed by atoms with Crippen LogP contribution in [0.25, 0.3) is 11.0 Å². The topological polar surface area (TPSA) is 121 Å². The highest BCUT2D eigenvalue weighted by molar-refractivity contribution is 5.88. The predicted molar refractivity (Wildman–Crippen MR) is 111 cm³/mol. The zero-order chi connectivity index (χ0) is 19.8. The van der Waals surface area contributed by atoms with E-state index >= 15 is 0 Å². The molecule has 0 aromatic carbocycles. The van der Waals surface area contributed by atoms with Gasteiger partial charge in [0.25, 0.3) is 0 Å². The van der Waals surface area contributed by atoms with Gasteiger partial charge in [-0.3, -0.25) is 10.00 Å². The first-order valence-corrected chi connectivity index (χ1v) is 10.2. The lowest BCUT2D eigenvalue weighted by Crippen LogP contribution is -2.47.